The average Bonchev–Trinajstić information content (AvgIpc) is 3.21. The van der Waals surface area contributed by atoms with Crippen molar-refractivity contribution in [3.63, 3.8) is 0 Å². The molecule has 2 amide bonds. The van der Waals surface area contributed by atoms with Gasteiger partial charge in [-0.05, 0) is 69.2 Å². The van der Waals surface area contributed by atoms with E-state index in [4.69, 9.17) is 0 Å². The van der Waals surface area contributed by atoms with E-state index in [1.165, 1.54) is 36.0 Å². The molecule has 1 aromatic carbocycles. The molecule has 0 radical (unpaired) electrons. The maximum atomic E-state index is 12.7. The van der Waals surface area contributed by atoms with E-state index in [1.807, 2.05) is 18.7 Å². The lowest BCUT2D eigenvalue weighted by atomic mass is 9.74. The summed E-state index contributed by atoms with van der Waals surface area (Å²) in [7, 11) is 0. The number of aliphatic hydroxyl groups is 1. The lowest BCUT2D eigenvalue weighted by molar-refractivity contribution is -0.0591. The van der Waals surface area contributed by atoms with E-state index in [0.29, 0.717) is 0 Å². The number of urea groups is 1. The molecule has 1 aliphatic carbocycles. The van der Waals surface area contributed by atoms with Gasteiger partial charge in [-0.3, -0.25) is 4.90 Å². The van der Waals surface area contributed by atoms with Crippen LogP contribution in [0.25, 0.3) is 5.57 Å². The molecule has 3 atom stereocenters. The zero-order valence-corrected chi connectivity index (χ0v) is 17.8. The molecule has 2 aliphatic heterocycles. The summed E-state index contributed by atoms with van der Waals surface area (Å²) in [6.07, 6.45) is 8.07. The fourth-order valence-electron chi connectivity index (χ4n) is 5.32. The number of carbonyl (C=O) groups excluding carboxylic acids is 1. The summed E-state index contributed by atoms with van der Waals surface area (Å²) in [6, 6.07) is 9.60. The summed E-state index contributed by atoms with van der Waals surface area (Å²) >= 11 is 0. The summed E-state index contributed by atoms with van der Waals surface area (Å²) in [4.78, 5) is 17.1. The first-order valence-electron chi connectivity index (χ1n) is 11.3. The highest BCUT2D eigenvalue weighted by molar-refractivity contribution is 5.74. The number of amides is 2. The molecule has 0 aromatic heterocycles. The van der Waals surface area contributed by atoms with Gasteiger partial charge in [0, 0.05) is 37.1 Å². The molecule has 3 aliphatic rings. The number of nitrogens with zero attached hydrogens (tertiary/aromatic N) is 2. The van der Waals surface area contributed by atoms with Crippen LogP contribution in [0.15, 0.2) is 30.3 Å². The molecular formula is C24H35N3O2. The van der Waals surface area contributed by atoms with Crippen LogP contribution in [-0.2, 0) is 0 Å². The molecule has 2 saturated heterocycles. The highest BCUT2D eigenvalue weighted by atomic mass is 16.3. The third-order valence-electron chi connectivity index (χ3n) is 6.78. The van der Waals surface area contributed by atoms with Crippen molar-refractivity contribution in [2.45, 2.75) is 70.0 Å². The van der Waals surface area contributed by atoms with Gasteiger partial charge in [-0.1, -0.05) is 30.3 Å². The number of benzene rings is 1. The van der Waals surface area contributed by atoms with Crippen LogP contribution in [-0.4, -0.2) is 65.3 Å². The maximum Gasteiger partial charge on any atom is 0.317 e. The predicted molar refractivity (Wildman–Crippen MR) is 117 cm³/mol. The first-order valence-corrected chi connectivity index (χ1v) is 11.3. The smallest absolute Gasteiger partial charge is 0.317 e. The van der Waals surface area contributed by atoms with E-state index < -0.39 is 0 Å². The number of nitrogens with one attached hydrogen (secondary N) is 1. The Morgan fingerprint density at radius 2 is 1.93 bits per heavy atom. The van der Waals surface area contributed by atoms with Crippen LogP contribution >= 0.6 is 0 Å². The third kappa shape index (κ3) is 4.22. The summed E-state index contributed by atoms with van der Waals surface area (Å²) in [5.41, 5.74) is 4.09. The largest absolute Gasteiger partial charge is 0.395 e. The Balaban J connectivity index is 1.53. The Bertz CT molecular complexity index is 743. The molecule has 0 bridgehead atoms. The second-order valence-corrected chi connectivity index (χ2v) is 9.08. The van der Waals surface area contributed by atoms with E-state index >= 15 is 0 Å². The van der Waals surface area contributed by atoms with Crippen molar-refractivity contribution in [3.05, 3.63) is 41.5 Å². The second-order valence-electron chi connectivity index (χ2n) is 9.08. The number of rotatable bonds is 4. The van der Waals surface area contributed by atoms with Gasteiger partial charge >= 0.3 is 6.03 Å². The van der Waals surface area contributed by atoms with Crippen molar-refractivity contribution in [2.75, 3.05) is 26.2 Å². The summed E-state index contributed by atoms with van der Waals surface area (Å²) in [5, 5.41) is 13.1. The summed E-state index contributed by atoms with van der Waals surface area (Å²) in [5.74, 6) is 0.277. The van der Waals surface area contributed by atoms with E-state index in [9.17, 15) is 9.90 Å². The number of allylic oxidation sites excluding steroid dienone is 2. The molecule has 5 nitrogen and oxygen atoms in total. The van der Waals surface area contributed by atoms with Crippen molar-refractivity contribution in [1.29, 1.82) is 0 Å². The van der Waals surface area contributed by atoms with Gasteiger partial charge in [0.1, 0.15) is 0 Å². The van der Waals surface area contributed by atoms with Gasteiger partial charge in [0.25, 0.3) is 0 Å². The summed E-state index contributed by atoms with van der Waals surface area (Å²) < 4.78 is 0. The van der Waals surface area contributed by atoms with Gasteiger partial charge < -0.3 is 15.3 Å². The molecule has 2 N–H and O–H groups in total. The van der Waals surface area contributed by atoms with Crippen molar-refractivity contribution >= 4 is 11.6 Å². The molecule has 2 heterocycles. The molecule has 29 heavy (non-hydrogen) atoms. The first-order chi connectivity index (χ1) is 14.1. The topological polar surface area (TPSA) is 55.8 Å². The molecule has 0 unspecified atom stereocenters. The van der Waals surface area contributed by atoms with Crippen molar-refractivity contribution in [3.8, 4) is 0 Å². The van der Waals surface area contributed by atoms with Gasteiger partial charge in [0.2, 0.25) is 0 Å². The van der Waals surface area contributed by atoms with Gasteiger partial charge in [-0.2, -0.15) is 0 Å². The standard InChI is InChI=1S/C24H35N3O2/c1-17(2)25-24(29)26-13-5-6-14-27-21(15-26)23(22(27)16-28)20-11-9-19(10-12-20)18-7-3-4-8-18/h7,9-12,17,21-23,28H,3-6,8,13-16H2,1-2H3,(H,25,29)/t21-,22+,23+/m0/s1. The molecule has 2 fully saturated rings. The van der Waals surface area contributed by atoms with Crippen LogP contribution in [0.5, 0.6) is 0 Å². The highest BCUT2D eigenvalue weighted by Crippen LogP contribution is 2.42. The third-order valence-corrected chi connectivity index (χ3v) is 6.78. The molecule has 0 saturated carbocycles. The van der Waals surface area contributed by atoms with Crippen LogP contribution < -0.4 is 5.32 Å². The Morgan fingerprint density at radius 3 is 2.59 bits per heavy atom. The number of hydrogen-bond acceptors (Lipinski definition) is 3. The van der Waals surface area contributed by atoms with E-state index in [2.05, 4.69) is 40.6 Å². The van der Waals surface area contributed by atoms with Crippen molar-refractivity contribution in [1.82, 2.24) is 15.1 Å². The molecule has 158 valence electrons. The van der Waals surface area contributed by atoms with Crippen molar-refractivity contribution in [2.24, 2.45) is 0 Å². The molecule has 0 spiro atoms. The van der Waals surface area contributed by atoms with Crippen LogP contribution in [0.2, 0.25) is 0 Å². The monoisotopic (exact) mass is 397 g/mol. The quantitative estimate of drug-likeness (QED) is 0.816. The predicted octanol–water partition coefficient (Wildman–Crippen LogP) is 3.60. The van der Waals surface area contributed by atoms with Crippen LogP contribution in [0.1, 0.15) is 63.0 Å². The van der Waals surface area contributed by atoms with Gasteiger partial charge in [0.15, 0.2) is 0 Å². The number of hydrogen-bond donors (Lipinski definition) is 2. The zero-order chi connectivity index (χ0) is 20.4. The molecular weight excluding hydrogens is 362 g/mol. The minimum atomic E-state index is 0.0385. The minimum absolute atomic E-state index is 0.0385. The first kappa shape index (κ1) is 20.4. The number of aliphatic hydroxyl groups excluding tert-OH is 1. The lowest BCUT2D eigenvalue weighted by Gasteiger charge is -2.57. The van der Waals surface area contributed by atoms with Gasteiger partial charge in [-0.15, -0.1) is 0 Å². The van der Waals surface area contributed by atoms with Crippen LogP contribution in [0.4, 0.5) is 4.79 Å². The SMILES string of the molecule is CC(C)NC(=O)N1CCCCN2[C@H](CO)[C@H](c3ccc(C4=CCCC4)cc3)[C@@H]2C1. The normalized spacial score (nSPS) is 27.7. The van der Waals surface area contributed by atoms with Crippen molar-refractivity contribution < 1.29 is 9.90 Å². The Hall–Kier alpha value is -1.85. The fraction of sp³-hybridized carbons (Fsp3) is 0.625. The average molecular weight is 398 g/mol. The lowest BCUT2D eigenvalue weighted by Crippen LogP contribution is -2.68. The minimum Gasteiger partial charge on any atom is -0.395 e. The van der Waals surface area contributed by atoms with Crippen LogP contribution in [0, 0.1) is 0 Å². The zero-order valence-electron chi connectivity index (χ0n) is 17.8. The highest BCUT2D eigenvalue weighted by Gasteiger charge is 2.49. The maximum absolute atomic E-state index is 12.7. The number of carbonyl (C=O) groups is 1. The fourth-order valence-corrected chi connectivity index (χ4v) is 5.32. The van der Waals surface area contributed by atoms with E-state index in [1.54, 1.807) is 0 Å². The Labute approximate surface area is 174 Å². The number of fused-ring (bicyclic) bond motifs is 1. The van der Waals surface area contributed by atoms with Gasteiger partial charge in [0.05, 0.1) is 6.61 Å². The summed E-state index contributed by atoms with van der Waals surface area (Å²) in [6.45, 7) is 6.73. The van der Waals surface area contributed by atoms with E-state index in [-0.39, 0.29) is 36.7 Å². The molecule has 5 heteroatoms. The molecule has 1 aromatic rings. The van der Waals surface area contributed by atoms with Crippen LogP contribution in [0.3, 0.4) is 0 Å². The van der Waals surface area contributed by atoms with E-state index in [0.717, 1.165) is 32.5 Å². The Kier molecular flexibility index (Phi) is 6.26. The van der Waals surface area contributed by atoms with Gasteiger partial charge in [-0.25, -0.2) is 4.79 Å². The Morgan fingerprint density at radius 1 is 1.17 bits per heavy atom. The second kappa shape index (κ2) is 8.88. The molecule has 4 rings (SSSR count).